The number of hydrogen-bond donors (Lipinski definition) is 2. The fourth-order valence-electron chi connectivity index (χ4n) is 2.25. The summed E-state index contributed by atoms with van der Waals surface area (Å²) in [6.45, 7) is 1.14. The Morgan fingerprint density at radius 3 is 2.65 bits per heavy atom. The second-order valence-corrected chi connectivity index (χ2v) is 5.56. The number of carbonyl (C=O) groups is 1. The van der Waals surface area contributed by atoms with Crippen LogP contribution in [0.15, 0.2) is 48.5 Å². The van der Waals surface area contributed by atoms with E-state index in [1.807, 2.05) is 42.5 Å². The molecule has 5 nitrogen and oxygen atoms in total. The van der Waals surface area contributed by atoms with Crippen LogP contribution in [-0.2, 0) is 6.54 Å². The first-order valence-corrected chi connectivity index (χ1v) is 7.74. The number of para-hydroxylation sites is 2. The lowest BCUT2D eigenvalue weighted by atomic mass is 10.2. The van der Waals surface area contributed by atoms with E-state index in [0.29, 0.717) is 30.5 Å². The zero-order chi connectivity index (χ0) is 16.1. The molecule has 0 radical (unpaired) electrons. The van der Waals surface area contributed by atoms with E-state index in [2.05, 4.69) is 10.6 Å². The number of benzene rings is 2. The minimum Gasteiger partial charge on any atom is -0.486 e. The topological polar surface area (TPSA) is 59.6 Å². The molecule has 0 aromatic heterocycles. The summed E-state index contributed by atoms with van der Waals surface area (Å²) >= 11 is 6.05. The Labute approximate surface area is 139 Å². The average Bonchev–Trinajstić information content (AvgIpc) is 2.59. The number of urea groups is 1. The molecule has 2 aromatic rings. The predicted octanol–water partition coefficient (Wildman–Crippen LogP) is 2.98. The second-order valence-electron chi connectivity index (χ2n) is 5.15. The largest absolute Gasteiger partial charge is 0.486 e. The van der Waals surface area contributed by atoms with Crippen LogP contribution in [0.25, 0.3) is 0 Å². The van der Waals surface area contributed by atoms with Crippen molar-refractivity contribution in [2.24, 2.45) is 0 Å². The van der Waals surface area contributed by atoms with Crippen molar-refractivity contribution in [1.29, 1.82) is 0 Å². The van der Waals surface area contributed by atoms with Crippen LogP contribution in [0, 0.1) is 0 Å². The first kappa shape index (κ1) is 15.5. The molecule has 2 N–H and O–H groups in total. The summed E-state index contributed by atoms with van der Waals surface area (Å²) in [7, 11) is 0. The van der Waals surface area contributed by atoms with Gasteiger partial charge >= 0.3 is 6.03 Å². The molecular weight excluding hydrogens is 316 g/mol. The van der Waals surface area contributed by atoms with E-state index in [1.165, 1.54) is 0 Å². The van der Waals surface area contributed by atoms with E-state index < -0.39 is 0 Å². The highest BCUT2D eigenvalue weighted by atomic mass is 35.5. The first-order chi connectivity index (χ1) is 11.2. The zero-order valence-electron chi connectivity index (χ0n) is 12.4. The van der Waals surface area contributed by atoms with Gasteiger partial charge in [0.25, 0.3) is 0 Å². The molecule has 0 spiro atoms. The maximum atomic E-state index is 11.9. The molecule has 2 aromatic carbocycles. The monoisotopic (exact) mass is 332 g/mol. The van der Waals surface area contributed by atoms with E-state index in [-0.39, 0.29) is 12.1 Å². The third-order valence-corrected chi connectivity index (χ3v) is 3.82. The Morgan fingerprint density at radius 1 is 1.09 bits per heavy atom. The molecule has 120 valence electrons. The smallest absolute Gasteiger partial charge is 0.315 e. The van der Waals surface area contributed by atoms with Gasteiger partial charge in [0, 0.05) is 11.6 Å². The predicted molar refractivity (Wildman–Crippen MR) is 88.0 cm³/mol. The number of nitrogens with one attached hydrogen (secondary N) is 2. The number of hydrogen-bond acceptors (Lipinski definition) is 3. The second kappa shape index (κ2) is 7.24. The summed E-state index contributed by atoms with van der Waals surface area (Å²) in [6, 6.07) is 14.6. The van der Waals surface area contributed by atoms with Crippen LogP contribution < -0.4 is 20.1 Å². The number of halogens is 1. The van der Waals surface area contributed by atoms with E-state index >= 15 is 0 Å². The molecule has 0 saturated carbocycles. The Balaban J connectivity index is 1.44. The molecule has 2 amide bonds. The third-order valence-electron chi connectivity index (χ3n) is 3.46. The van der Waals surface area contributed by atoms with Gasteiger partial charge in [-0.05, 0) is 23.8 Å². The van der Waals surface area contributed by atoms with Gasteiger partial charge in [0.15, 0.2) is 17.6 Å². The van der Waals surface area contributed by atoms with Gasteiger partial charge in [0.1, 0.15) is 6.61 Å². The maximum absolute atomic E-state index is 11.9. The molecular formula is C17H17ClN2O3. The minimum atomic E-state index is -0.271. The highest BCUT2D eigenvalue weighted by Crippen LogP contribution is 2.30. The molecule has 1 aliphatic heterocycles. The highest BCUT2D eigenvalue weighted by molar-refractivity contribution is 6.31. The Bertz CT molecular complexity index is 693. The highest BCUT2D eigenvalue weighted by Gasteiger charge is 2.20. The number of amides is 2. The molecule has 23 heavy (non-hydrogen) atoms. The van der Waals surface area contributed by atoms with Gasteiger partial charge in [-0.1, -0.05) is 41.9 Å². The van der Waals surface area contributed by atoms with Gasteiger partial charge in [-0.3, -0.25) is 0 Å². The van der Waals surface area contributed by atoms with Crippen molar-refractivity contribution in [3.8, 4) is 11.5 Å². The Hall–Kier alpha value is -2.40. The molecule has 0 bridgehead atoms. The first-order valence-electron chi connectivity index (χ1n) is 7.36. The van der Waals surface area contributed by atoms with Crippen LogP contribution in [-0.4, -0.2) is 25.3 Å². The van der Waals surface area contributed by atoms with E-state index in [9.17, 15) is 4.79 Å². The quantitative estimate of drug-likeness (QED) is 0.905. The summed E-state index contributed by atoms with van der Waals surface area (Å²) in [4.78, 5) is 11.9. The van der Waals surface area contributed by atoms with Crippen LogP contribution >= 0.6 is 11.6 Å². The molecule has 0 fully saturated rings. The van der Waals surface area contributed by atoms with Crippen molar-refractivity contribution in [3.05, 3.63) is 59.1 Å². The van der Waals surface area contributed by atoms with Gasteiger partial charge in [-0.25, -0.2) is 4.79 Å². The van der Waals surface area contributed by atoms with E-state index in [0.717, 1.165) is 11.3 Å². The lowest BCUT2D eigenvalue weighted by Crippen LogP contribution is -2.44. The molecule has 1 heterocycles. The van der Waals surface area contributed by atoms with Gasteiger partial charge in [-0.2, -0.15) is 0 Å². The van der Waals surface area contributed by atoms with Crippen molar-refractivity contribution in [3.63, 3.8) is 0 Å². The summed E-state index contributed by atoms with van der Waals surface area (Å²) < 4.78 is 11.4. The summed E-state index contributed by atoms with van der Waals surface area (Å²) in [5.74, 6) is 1.42. The SMILES string of the molecule is O=C(NCc1ccccc1Cl)NC[C@@H]1COc2ccccc2O1. The molecule has 0 aliphatic carbocycles. The number of rotatable bonds is 4. The van der Waals surface area contributed by atoms with Gasteiger partial charge < -0.3 is 20.1 Å². The molecule has 1 aliphatic rings. The lowest BCUT2D eigenvalue weighted by Gasteiger charge is -2.26. The van der Waals surface area contributed by atoms with Gasteiger partial charge in [-0.15, -0.1) is 0 Å². The van der Waals surface area contributed by atoms with Gasteiger partial charge in [0.05, 0.1) is 6.54 Å². The molecule has 1 atom stereocenters. The zero-order valence-corrected chi connectivity index (χ0v) is 13.2. The fourth-order valence-corrected chi connectivity index (χ4v) is 2.45. The average molecular weight is 333 g/mol. The van der Waals surface area contributed by atoms with Crippen molar-refractivity contribution in [2.75, 3.05) is 13.2 Å². The van der Waals surface area contributed by atoms with Crippen LogP contribution in [0.5, 0.6) is 11.5 Å². The van der Waals surface area contributed by atoms with E-state index in [1.54, 1.807) is 6.07 Å². The fraction of sp³-hybridized carbons (Fsp3) is 0.235. The lowest BCUT2D eigenvalue weighted by molar-refractivity contribution is 0.0918. The standard InChI is InChI=1S/C17H17ClN2O3/c18-14-6-2-1-5-12(14)9-19-17(21)20-10-13-11-22-15-7-3-4-8-16(15)23-13/h1-8,13H,9-11H2,(H2,19,20,21)/t13-/m1/s1. The Morgan fingerprint density at radius 2 is 1.83 bits per heavy atom. The molecule has 0 saturated heterocycles. The number of fused-ring (bicyclic) bond motifs is 1. The van der Waals surface area contributed by atoms with Crippen molar-refractivity contribution < 1.29 is 14.3 Å². The maximum Gasteiger partial charge on any atom is 0.315 e. The summed E-state index contributed by atoms with van der Waals surface area (Å²) in [5.41, 5.74) is 0.871. The van der Waals surface area contributed by atoms with Gasteiger partial charge in [0.2, 0.25) is 0 Å². The third kappa shape index (κ3) is 4.07. The van der Waals surface area contributed by atoms with Crippen molar-refractivity contribution in [1.82, 2.24) is 10.6 Å². The number of carbonyl (C=O) groups excluding carboxylic acids is 1. The molecule has 0 unspecified atom stereocenters. The summed E-state index contributed by atoms with van der Waals surface area (Å²) in [5, 5.41) is 6.18. The molecule has 6 heteroatoms. The normalized spacial score (nSPS) is 15.8. The number of ether oxygens (including phenoxy) is 2. The van der Waals surface area contributed by atoms with Crippen molar-refractivity contribution >= 4 is 17.6 Å². The summed E-state index contributed by atoms with van der Waals surface area (Å²) in [6.07, 6.45) is -0.212. The minimum absolute atomic E-state index is 0.212. The Kier molecular flexibility index (Phi) is 4.88. The van der Waals surface area contributed by atoms with Crippen molar-refractivity contribution in [2.45, 2.75) is 12.6 Å². The van der Waals surface area contributed by atoms with Crippen LogP contribution in [0.1, 0.15) is 5.56 Å². The van der Waals surface area contributed by atoms with Crippen LogP contribution in [0.4, 0.5) is 4.79 Å². The van der Waals surface area contributed by atoms with Crippen LogP contribution in [0.3, 0.4) is 0 Å². The molecule has 3 rings (SSSR count). The van der Waals surface area contributed by atoms with E-state index in [4.69, 9.17) is 21.1 Å². The van der Waals surface area contributed by atoms with Crippen LogP contribution in [0.2, 0.25) is 5.02 Å².